The number of carbonyl (C=O) groups excluding carboxylic acids is 1. The minimum Gasteiger partial charge on any atom is -0.334 e. The quantitative estimate of drug-likeness (QED) is 0.514. The van der Waals surface area contributed by atoms with Crippen molar-refractivity contribution in [2.24, 2.45) is 0 Å². The van der Waals surface area contributed by atoms with Crippen molar-refractivity contribution in [2.45, 2.75) is 13.0 Å². The van der Waals surface area contributed by atoms with Crippen LogP contribution in [-0.2, 0) is 4.79 Å². The number of non-ortho nitro benzene ring substituents is 1. The van der Waals surface area contributed by atoms with Crippen molar-refractivity contribution in [3.8, 4) is 0 Å². The summed E-state index contributed by atoms with van der Waals surface area (Å²) >= 11 is 0. The maximum atomic E-state index is 12.1. The van der Waals surface area contributed by atoms with Gasteiger partial charge < -0.3 is 10.2 Å². The van der Waals surface area contributed by atoms with Gasteiger partial charge in [-0.1, -0.05) is 12.1 Å². The molecule has 1 aromatic rings. The maximum absolute atomic E-state index is 12.1. The minimum absolute atomic E-state index is 0.0233. The second-order valence-corrected chi connectivity index (χ2v) is 4.77. The van der Waals surface area contributed by atoms with E-state index in [0.717, 1.165) is 13.1 Å². The average Bonchev–Trinajstić information content (AvgIpc) is 2.45. The molecule has 1 aromatic carbocycles. The highest BCUT2D eigenvalue weighted by Gasteiger charge is 2.20. The van der Waals surface area contributed by atoms with E-state index in [1.807, 2.05) is 6.92 Å². The van der Waals surface area contributed by atoms with Crippen LogP contribution in [0.4, 0.5) is 5.69 Å². The van der Waals surface area contributed by atoms with E-state index in [0.29, 0.717) is 12.1 Å². The van der Waals surface area contributed by atoms with E-state index in [2.05, 4.69) is 5.32 Å². The predicted molar refractivity (Wildman–Crippen MR) is 76.2 cm³/mol. The zero-order valence-electron chi connectivity index (χ0n) is 11.3. The zero-order chi connectivity index (χ0) is 14.5. The number of amides is 1. The fourth-order valence-corrected chi connectivity index (χ4v) is 2.17. The Kier molecular flexibility index (Phi) is 4.47. The summed E-state index contributed by atoms with van der Waals surface area (Å²) in [4.78, 5) is 24.1. The van der Waals surface area contributed by atoms with Crippen LogP contribution >= 0.6 is 0 Å². The van der Waals surface area contributed by atoms with Gasteiger partial charge in [0.25, 0.3) is 5.69 Å². The van der Waals surface area contributed by atoms with Crippen molar-refractivity contribution < 1.29 is 9.72 Å². The Hall–Kier alpha value is -2.21. The Balaban J connectivity index is 2.06. The summed E-state index contributed by atoms with van der Waals surface area (Å²) < 4.78 is 0. The SMILES string of the molecule is C[C@@H]1CNCCN1C(=O)/C=C/c1cccc([N+](=O)[O-])c1. The molecule has 0 aromatic heterocycles. The Morgan fingerprint density at radius 3 is 3.05 bits per heavy atom. The molecule has 20 heavy (non-hydrogen) atoms. The van der Waals surface area contributed by atoms with Crippen LogP contribution in [0.25, 0.3) is 6.08 Å². The van der Waals surface area contributed by atoms with Gasteiger partial charge in [-0.3, -0.25) is 14.9 Å². The van der Waals surface area contributed by atoms with Crippen molar-refractivity contribution in [3.63, 3.8) is 0 Å². The molecule has 0 spiro atoms. The predicted octanol–water partition coefficient (Wildman–Crippen LogP) is 1.43. The number of nitro groups is 1. The topological polar surface area (TPSA) is 75.5 Å². The van der Waals surface area contributed by atoms with Crippen LogP contribution in [0.1, 0.15) is 12.5 Å². The van der Waals surface area contributed by atoms with Crippen LogP contribution in [0.3, 0.4) is 0 Å². The van der Waals surface area contributed by atoms with Gasteiger partial charge in [0, 0.05) is 43.9 Å². The Morgan fingerprint density at radius 1 is 1.55 bits per heavy atom. The van der Waals surface area contributed by atoms with Gasteiger partial charge in [0.15, 0.2) is 0 Å². The summed E-state index contributed by atoms with van der Waals surface area (Å²) in [6.45, 7) is 4.25. The van der Waals surface area contributed by atoms with E-state index in [9.17, 15) is 14.9 Å². The van der Waals surface area contributed by atoms with Crippen molar-refractivity contribution in [3.05, 3.63) is 46.0 Å². The molecule has 1 heterocycles. The average molecular weight is 275 g/mol. The van der Waals surface area contributed by atoms with E-state index in [1.54, 1.807) is 23.1 Å². The van der Waals surface area contributed by atoms with E-state index < -0.39 is 4.92 Å². The summed E-state index contributed by atoms with van der Waals surface area (Å²) in [6.07, 6.45) is 3.09. The molecular weight excluding hydrogens is 258 g/mol. The lowest BCUT2D eigenvalue weighted by atomic mass is 10.1. The third-order valence-corrected chi connectivity index (χ3v) is 3.28. The summed E-state index contributed by atoms with van der Waals surface area (Å²) in [7, 11) is 0. The fraction of sp³-hybridized carbons (Fsp3) is 0.357. The first-order chi connectivity index (χ1) is 9.58. The standard InChI is InChI=1S/C14H17N3O3/c1-11-10-15-7-8-16(11)14(18)6-5-12-3-2-4-13(9-12)17(19)20/h2-6,9,11,15H,7-8,10H2,1H3/b6-5+/t11-/m1/s1. The van der Waals surface area contributed by atoms with Crippen molar-refractivity contribution in [1.29, 1.82) is 0 Å². The second kappa shape index (κ2) is 6.29. The number of nitro benzene ring substituents is 1. The molecule has 0 bridgehead atoms. The molecule has 1 aliphatic heterocycles. The fourth-order valence-electron chi connectivity index (χ4n) is 2.17. The van der Waals surface area contributed by atoms with E-state index in [-0.39, 0.29) is 17.6 Å². The first kappa shape index (κ1) is 14.2. The number of benzene rings is 1. The third-order valence-electron chi connectivity index (χ3n) is 3.28. The summed E-state index contributed by atoms with van der Waals surface area (Å²) in [6, 6.07) is 6.38. The summed E-state index contributed by atoms with van der Waals surface area (Å²) in [5, 5.41) is 13.9. The van der Waals surface area contributed by atoms with Gasteiger partial charge in [-0.2, -0.15) is 0 Å². The highest BCUT2D eigenvalue weighted by Crippen LogP contribution is 2.14. The highest BCUT2D eigenvalue weighted by atomic mass is 16.6. The minimum atomic E-state index is -0.447. The molecule has 1 amide bonds. The number of hydrogen-bond donors (Lipinski definition) is 1. The van der Waals surface area contributed by atoms with Gasteiger partial charge in [-0.25, -0.2) is 0 Å². The normalized spacial score (nSPS) is 19.2. The van der Waals surface area contributed by atoms with Gasteiger partial charge in [0.1, 0.15) is 0 Å². The lowest BCUT2D eigenvalue weighted by Crippen LogP contribution is -2.51. The number of nitrogens with zero attached hydrogens (tertiary/aromatic N) is 2. The molecule has 6 nitrogen and oxygen atoms in total. The molecule has 1 N–H and O–H groups in total. The van der Waals surface area contributed by atoms with Crippen LogP contribution in [-0.4, -0.2) is 41.4 Å². The maximum Gasteiger partial charge on any atom is 0.270 e. The van der Waals surface area contributed by atoms with Crippen LogP contribution in [0, 0.1) is 10.1 Å². The van der Waals surface area contributed by atoms with Crippen LogP contribution < -0.4 is 5.32 Å². The second-order valence-electron chi connectivity index (χ2n) is 4.77. The van der Waals surface area contributed by atoms with Gasteiger partial charge in [0.2, 0.25) is 5.91 Å². The lowest BCUT2D eigenvalue weighted by Gasteiger charge is -2.33. The Bertz CT molecular complexity index is 542. The van der Waals surface area contributed by atoms with Crippen molar-refractivity contribution in [2.75, 3.05) is 19.6 Å². The van der Waals surface area contributed by atoms with Gasteiger partial charge >= 0.3 is 0 Å². The first-order valence-electron chi connectivity index (χ1n) is 6.52. The lowest BCUT2D eigenvalue weighted by molar-refractivity contribution is -0.384. The Morgan fingerprint density at radius 2 is 2.35 bits per heavy atom. The number of nitrogens with one attached hydrogen (secondary N) is 1. The molecular formula is C14H17N3O3. The van der Waals surface area contributed by atoms with E-state index in [4.69, 9.17) is 0 Å². The molecule has 1 saturated heterocycles. The molecule has 106 valence electrons. The molecule has 0 radical (unpaired) electrons. The Labute approximate surface area is 117 Å². The smallest absolute Gasteiger partial charge is 0.270 e. The molecule has 0 saturated carbocycles. The molecule has 1 fully saturated rings. The van der Waals surface area contributed by atoms with E-state index in [1.165, 1.54) is 18.2 Å². The molecule has 1 aliphatic rings. The molecule has 1 atom stereocenters. The van der Waals surface area contributed by atoms with Crippen molar-refractivity contribution >= 4 is 17.7 Å². The zero-order valence-corrected chi connectivity index (χ0v) is 11.3. The monoisotopic (exact) mass is 275 g/mol. The molecule has 0 aliphatic carbocycles. The highest BCUT2D eigenvalue weighted by molar-refractivity contribution is 5.92. The summed E-state index contributed by atoms with van der Waals surface area (Å²) in [5.74, 6) is -0.0643. The van der Waals surface area contributed by atoms with Crippen LogP contribution in [0.5, 0.6) is 0 Å². The first-order valence-corrected chi connectivity index (χ1v) is 6.52. The van der Waals surface area contributed by atoms with Crippen LogP contribution in [0.2, 0.25) is 0 Å². The van der Waals surface area contributed by atoms with Gasteiger partial charge in [0.05, 0.1) is 4.92 Å². The number of carbonyl (C=O) groups is 1. The van der Waals surface area contributed by atoms with Gasteiger partial charge in [-0.05, 0) is 18.6 Å². The molecule has 2 rings (SSSR count). The van der Waals surface area contributed by atoms with Crippen molar-refractivity contribution in [1.82, 2.24) is 10.2 Å². The third kappa shape index (κ3) is 3.42. The number of rotatable bonds is 3. The summed E-state index contributed by atoms with van der Waals surface area (Å²) in [5.41, 5.74) is 0.672. The molecule has 6 heteroatoms. The van der Waals surface area contributed by atoms with Crippen LogP contribution in [0.15, 0.2) is 30.3 Å². The largest absolute Gasteiger partial charge is 0.334 e. The number of piperazine rings is 1. The van der Waals surface area contributed by atoms with Gasteiger partial charge in [-0.15, -0.1) is 0 Å². The van der Waals surface area contributed by atoms with E-state index >= 15 is 0 Å². The number of hydrogen-bond acceptors (Lipinski definition) is 4. The molecule has 0 unspecified atom stereocenters.